The number of hydrogen-bond acceptors (Lipinski definition) is 7. The molecule has 3 N–H and O–H groups in total. The molecule has 194 valence electrons. The predicted octanol–water partition coefficient (Wildman–Crippen LogP) is 3.62. The molecule has 0 aliphatic carbocycles. The third-order valence-corrected chi connectivity index (χ3v) is 7.16. The van der Waals surface area contributed by atoms with Gasteiger partial charge in [-0.1, -0.05) is 30.3 Å². The van der Waals surface area contributed by atoms with Crippen LogP contribution in [0.5, 0.6) is 11.5 Å². The Bertz CT molecular complexity index is 1420. The number of benzene rings is 3. The molecular formula is C27H30N4O5S. The fourth-order valence-electron chi connectivity index (χ4n) is 4.18. The van der Waals surface area contributed by atoms with Crippen LogP contribution >= 0.6 is 0 Å². The van der Waals surface area contributed by atoms with Gasteiger partial charge < -0.3 is 25.4 Å². The third-order valence-electron chi connectivity index (χ3n) is 5.97. The van der Waals surface area contributed by atoms with Crippen LogP contribution in [0, 0.1) is 0 Å². The first kappa shape index (κ1) is 26.1. The molecule has 1 aliphatic heterocycles. The lowest BCUT2D eigenvalue weighted by Crippen LogP contribution is -2.35. The van der Waals surface area contributed by atoms with E-state index < -0.39 is 10.0 Å². The predicted molar refractivity (Wildman–Crippen MR) is 148 cm³/mol. The number of rotatable bonds is 10. The number of carbonyl (C=O) groups excluding carboxylic acids is 1. The molecule has 9 nitrogen and oxygen atoms in total. The fourth-order valence-corrected chi connectivity index (χ4v) is 5.11. The van der Waals surface area contributed by atoms with E-state index in [1.54, 1.807) is 57.7 Å². The summed E-state index contributed by atoms with van der Waals surface area (Å²) in [6.07, 6.45) is 1.19. The van der Waals surface area contributed by atoms with Gasteiger partial charge in [0.15, 0.2) is 11.5 Å². The Labute approximate surface area is 217 Å². The highest BCUT2D eigenvalue weighted by Crippen LogP contribution is 2.43. The lowest BCUT2D eigenvalue weighted by atomic mass is 9.99. The van der Waals surface area contributed by atoms with E-state index in [2.05, 4.69) is 16.0 Å². The van der Waals surface area contributed by atoms with Crippen molar-refractivity contribution in [2.75, 3.05) is 55.6 Å². The van der Waals surface area contributed by atoms with E-state index in [0.29, 0.717) is 58.5 Å². The summed E-state index contributed by atoms with van der Waals surface area (Å²) in [7, 11) is 1.42. The van der Waals surface area contributed by atoms with E-state index in [4.69, 9.17) is 9.47 Å². The van der Waals surface area contributed by atoms with Crippen LogP contribution < -0.4 is 29.7 Å². The standard InChI is InChI=1S/C27H30N4O5S/c1-28-14-15-31(37(4,33)34)20-12-10-19(11-13-20)29-26(18-8-6-5-7-9-18)25-21-16-23(35-2)24(36-3)17-22(21)30-27(25)32/h5-13,16-17,28-29H,14-15H2,1-4H3,(H,30,32). The van der Waals surface area contributed by atoms with Gasteiger partial charge in [0.05, 0.1) is 43.1 Å². The highest BCUT2D eigenvalue weighted by molar-refractivity contribution is 7.92. The number of ether oxygens (including phenoxy) is 2. The molecule has 1 amide bonds. The normalized spacial score (nSPS) is 14.0. The smallest absolute Gasteiger partial charge is 0.258 e. The van der Waals surface area contributed by atoms with Gasteiger partial charge in [-0.25, -0.2) is 8.42 Å². The highest BCUT2D eigenvalue weighted by Gasteiger charge is 2.30. The molecule has 0 bridgehead atoms. The number of carbonyl (C=O) groups is 1. The first-order valence-corrected chi connectivity index (χ1v) is 13.5. The topological polar surface area (TPSA) is 109 Å². The summed E-state index contributed by atoms with van der Waals surface area (Å²) in [6.45, 7) is 0.823. The van der Waals surface area contributed by atoms with Gasteiger partial charge in [0.25, 0.3) is 5.91 Å². The summed E-state index contributed by atoms with van der Waals surface area (Å²) in [5.41, 5.74) is 4.42. The van der Waals surface area contributed by atoms with E-state index in [-0.39, 0.29) is 5.91 Å². The average molecular weight is 523 g/mol. The van der Waals surface area contributed by atoms with E-state index in [1.165, 1.54) is 10.6 Å². The van der Waals surface area contributed by atoms with Crippen LogP contribution in [0.2, 0.25) is 0 Å². The number of sulfonamides is 1. The molecule has 0 spiro atoms. The van der Waals surface area contributed by atoms with Crippen molar-refractivity contribution >= 4 is 44.3 Å². The van der Waals surface area contributed by atoms with E-state index in [9.17, 15) is 13.2 Å². The maximum atomic E-state index is 13.2. The SMILES string of the molecule is CNCCN(c1ccc(NC(=C2C(=O)Nc3cc(OC)c(OC)cc32)c2ccccc2)cc1)S(C)(=O)=O. The Hall–Kier alpha value is -4.02. The van der Waals surface area contributed by atoms with Crippen molar-refractivity contribution in [3.8, 4) is 11.5 Å². The molecule has 3 aromatic rings. The summed E-state index contributed by atoms with van der Waals surface area (Å²) >= 11 is 0. The largest absolute Gasteiger partial charge is 0.493 e. The van der Waals surface area contributed by atoms with Crippen LogP contribution in [-0.2, 0) is 14.8 Å². The second kappa shape index (κ2) is 10.9. The third kappa shape index (κ3) is 5.55. The minimum atomic E-state index is -3.45. The summed E-state index contributed by atoms with van der Waals surface area (Å²) in [5, 5.41) is 9.28. The lowest BCUT2D eigenvalue weighted by Gasteiger charge is -2.23. The van der Waals surface area contributed by atoms with Gasteiger partial charge in [0.1, 0.15) is 0 Å². The van der Waals surface area contributed by atoms with Crippen LogP contribution in [0.1, 0.15) is 11.1 Å². The van der Waals surface area contributed by atoms with Gasteiger partial charge in [0.2, 0.25) is 10.0 Å². The number of methoxy groups -OCH3 is 2. The minimum absolute atomic E-state index is 0.261. The molecule has 4 rings (SSSR count). The zero-order valence-electron chi connectivity index (χ0n) is 21.2. The first-order valence-electron chi connectivity index (χ1n) is 11.6. The Kier molecular flexibility index (Phi) is 7.70. The summed E-state index contributed by atoms with van der Waals surface area (Å²) in [4.78, 5) is 13.2. The van der Waals surface area contributed by atoms with Crippen molar-refractivity contribution in [3.05, 3.63) is 77.9 Å². The molecule has 37 heavy (non-hydrogen) atoms. The number of nitrogens with one attached hydrogen (secondary N) is 3. The average Bonchev–Trinajstić information content (AvgIpc) is 3.21. The Balaban J connectivity index is 1.78. The number of fused-ring (bicyclic) bond motifs is 1. The van der Waals surface area contributed by atoms with Crippen molar-refractivity contribution in [1.29, 1.82) is 0 Å². The second-order valence-electron chi connectivity index (χ2n) is 8.43. The second-order valence-corrected chi connectivity index (χ2v) is 10.3. The molecule has 0 saturated carbocycles. The Morgan fingerprint density at radius 2 is 1.62 bits per heavy atom. The molecule has 3 aromatic carbocycles. The monoisotopic (exact) mass is 522 g/mol. The molecule has 10 heteroatoms. The molecule has 1 aliphatic rings. The number of hydrogen-bond donors (Lipinski definition) is 3. The van der Waals surface area contributed by atoms with Crippen molar-refractivity contribution in [3.63, 3.8) is 0 Å². The van der Waals surface area contributed by atoms with Gasteiger partial charge in [0, 0.05) is 30.4 Å². The zero-order chi connectivity index (χ0) is 26.6. The van der Waals surface area contributed by atoms with Crippen molar-refractivity contribution in [2.45, 2.75) is 0 Å². The number of likely N-dealkylation sites (N-methyl/N-ethyl adjacent to an activating group) is 1. The summed E-state index contributed by atoms with van der Waals surface area (Å²) in [5.74, 6) is 0.763. The number of amides is 1. The van der Waals surface area contributed by atoms with Crippen LogP contribution in [-0.4, -0.2) is 54.9 Å². The van der Waals surface area contributed by atoms with E-state index in [1.807, 2.05) is 30.3 Å². The maximum Gasteiger partial charge on any atom is 0.258 e. The molecule has 0 unspecified atom stereocenters. The molecule has 0 saturated heterocycles. The number of nitrogens with zero attached hydrogens (tertiary/aromatic N) is 1. The van der Waals surface area contributed by atoms with Crippen LogP contribution in [0.15, 0.2) is 66.7 Å². The maximum absolute atomic E-state index is 13.2. The fraction of sp³-hybridized carbons (Fsp3) is 0.222. The molecule has 1 heterocycles. The zero-order valence-corrected chi connectivity index (χ0v) is 22.0. The summed E-state index contributed by atoms with van der Waals surface area (Å²) < 4.78 is 36.9. The van der Waals surface area contributed by atoms with Crippen molar-refractivity contribution in [1.82, 2.24) is 5.32 Å². The Morgan fingerprint density at radius 3 is 2.22 bits per heavy atom. The van der Waals surface area contributed by atoms with Crippen molar-refractivity contribution in [2.24, 2.45) is 0 Å². The van der Waals surface area contributed by atoms with Crippen LogP contribution in [0.3, 0.4) is 0 Å². The van der Waals surface area contributed by atoms with Gasteiger partial charge in [-0.15, -0.1) is 0 Å². The van der Waals surface area contributed by atoms with Gasteiger partial charge in [-0.05, 0) is 42.9 Å². The van der Waals surface area contributed by atoms with Gasteiger partial charge in [-0.2, -0.15) is 0 Å². The van der Waals surface area contributed by atoms with Gasteiger partial charge in [-0.3, -0.25) is 9.10 Å². The van der Waals surface area contributed by atoms with Crippen LogP contribution in [0.25, 0.3) is 11.3 Å². The lowest BCUT2D eigenvalue weighted by molar-refractivity contribution is -0.110. The van der Waals surface area contributed by atoms with E-state index in [0.717, 1.165) is 5.56 Å². The van der Waals surface area contributed by atoms with Crippen molar-refractivity contribution < 1.29 is 22.7 Å². The van der Waals surface area contributed by atoms with Crippen LogP contribution in [0.4, 0.5) is 17.1 Å². The molecule has 0 fully saturated rings. The first-order chi connectivity index (χ1) is 17.8. The molecule has 0 radical (unpaired) electrons. The molecular weight excluding hydrogens is 492 g/mol. The van der Waals surface area contributed by atoms with Gasteiger partial charge >= 0.3 is 0 Å². The Morgan fingerprint density at radius 1 is 0.973 bits per heavy atom. The summed E-state index contributed by atoms with van der Waals surface area (Å²) in [6, 6.07) is 20.1. The molecule has 0 atom stereocenters. The number of anilines is 3. The molecule has 0 aromatic heterocycles. The quantitative estimate of drug-likeness (QED) is 0.349. The highest BCUT2D eigenvalue weighted by atomic mass is 32.2. The minimum Gasteiger partial charge on any atom is -0.493 e. The van der Waals surface area contributed by atoms with E-state index >= 15 is 0 Å².